The van der Waals surface area contributed by atoms with Crippen molar-refractivity contribution in [2.75, 3.05) is 7.05 Å². The molecular formula is C6H12N2. The van der Waals surface area contributed by atoms with Crippen LogP contribution in [-0.2, 0) is 0 Å². The largest absolute Gasteiger partial charge is 0.393 e. The van der Waals surface area contributed by atoms with Gasteiger partial charge in [-0.15, -0.1) is 0 Å². The lowest BCUT2D eigenvalue weighted by molar-refractivity contribution is 1.06. The van der Waals surface area contributed by atoms with Gasteiger partial charge in [0.1, 0.15) is 0 Å². The molecule has 2 heteroatoms. The smallest absolute Gasteiger partial charge is 0.0524 e. The zero-order valence-corrected chi connectivity index (χ0v) is 5.60. The van der Waals surface area contributed by atoms with Gasteiger partial charge in [-0.2, -0.15) is 0 Å². The molecule has 0 amide bonds. The molecule has 0 aromatic carbocycles. The summed E-state index contributed by atoms with van der Waals surface area (Å²) >= 11 is 0. The minimum absolute atomic E-state index is 0.995. The predicted octanol–water partition coefficient (Wildman–Crippen LogP) is 1.16. The van der Waals surface area contributed by atoms with Crippen molar-refractivity contribution < 1.29 is 0 Å². The second-order valence-corrected chi connectivity index (χ2v) is 1.46. The van der Waals surface area contributed by atoms with E-state index in [1.165, 1.54) is 0 Å². The molecule has 0 atom stereocenters. The molecule has 1 N–H and O–H groups in total. The number of hydrogen-bond acceptors (Lipinski definition) is 2. The molecule has 0 unspecified atom stereocenters. The molecule has 46 valence electrons. The van der Waals surface area contributed by atoms with Crippen LogP contribution in [0.3, 0.4) is 0 Å². The molecule has 0 spiro atoms. The first kappa shape index (κ1) is 7.21. The van der Waals surface area contributed by atoms with Crippen molar-refractivity contribution >= 4 is 6.21 Å². The van der Waals surface area contributed by atoms with Crippen LogP contribution in [0.1, 0.15) is 13.8 Å². The SMILES string of the molecule is C/C=N\C(C)=C/NC. The minimum Gasteiger partial charge on any atom is -0.393 e. The molecule has 0 aliphatic carbocycles. The summed E-state index contributed by atoms with van der Waals surface area (Å²) in [5.74, 6) is 0. The van der Waals surface area contributed by atoms with E-state index in [9.17, 15) is 0 Å². The van der Waals surface area contributed by atoms with E-state index in [-0.39, 0.29) is 0 Å². The lowest BCUT2D eigenvalue weighted by atomic mass is 10.5. The van der Waals surface area contributed by atoms with E-state index >= 15 is 0 Å². The van der Waals surface area contributed by atoms with Gasteiger partial charge in [0.25, 0.3) is 0 Å². The summed E-state index contributed by atoms with van der Waals surface area (Å²) < 4.78 is 0. The van der Waals surface area contributed by atoms with E-state index in [2.05, 4.69) is 10.3 Å². The third-order valence-corrected chi connectivity index (χ3v) is 0.686. The van der Waals surface area contributed by atoms with Gasteiger partial charge in [-0.05, 0) is 13.8 Å². The molecule has 0 aliphatic rings. The summed E-state index contributed by atoms with van der Waals surface area (Å²) in [7, 11) is 1.86. The van der Waals surface area contributed by atoms with Gasteiger partial charge < -0.3 is 5.32 Å². The highest BCUT2D eigenvalue weighted by Gasteiger charge is 1.73. The van der Waals surface area contributed by atoms with Gasteiger partial charge in [-0.3, -0.25) is 4.99 Å². The molecule has 0 aromatic heterocycles. The van der Waals surface area contributed by atoms with Crippen molar-refractivity contribution in [1.29, 1.82) is 0 Å². The Morgan fingerprint density at radius 1 is 1.62 bits per heavy atom. The predicted molar refractivity (Wildman–Crippen MR) is 37.0 cm³/mol. The maximum absolute atomic E-state index is 3.99. The molecule has 0 fully saturated rings. The standard InChI is InChI=1S/C6H12N2/c1-4-8-6(2)5-7-3/h4-5,7H,1-3H3/b6-5-,8-4-. The van der Waals surface area contributed by atoms with Gasteiger partial charge in [-0.1, -0.05) is 0 Å². The van der Waals surface area contributed by atoms with Crippen molar-refractivity contribution in [3.63, 3.8) is 0 Å². The van der Waals surface area contributed by atoms with Gasteiger partial charge in [0.15, 0.2) is 0 Å². The molecule has 0 aliphatic heterocycles. The Bertz CT molecular complexity index is 103. The molecule has 2 nitrogen and oxygen atoms in total. The van der Waals surface area contributed by atoms with E-state index in [0.29, 0.717) is 0 Å². The molecule has 8 heavy (non-hydrogen) atoms. The van der Waals surface area contributed by atoms with Crippen LogP contribution in [0.5, 0.6) is 0 Å². The molecular weight excluding hydrogens is 100 g/mol. The molecule has 0 heterocycles. The first-order valence-corrected chi connectivity index (χ1v) is 2.64. The molecule has 0 aromatic rings. The molecule has 0 saturated heterocycles. The molecule has 0 radical (unpaired) electrons. The van der Waals surface area contributed by atoms with Gasteiger partial charge in [0, 0.05) is 19.5 Å². The van der Waals surface area contributed by atoms with Crippen molar-refractivity contribution in [2.24, 2.45) is 4.99 Å². The Balaban J connectivity index is 3.61. The second-order valence-electron chi connectivity index (χ2n) is 1.46. The van der Waals surface area contributed by atoms with Crippen molar-refractivity contribution in [1.82, 2.24) is 5.32 Å². The third kappa shape index (κ3) is 3.40. The van der Waals surface area contributed by atoms with Gasteiger partial charge in [0.2, 0.25) is 0 Å². The summed E-state index contributed by atoms with van der Waals surface area (Å²) in [5.41, 5.74) is 0.995. The fourth-order valence-corrected chi connectivity index (χ4v) is 0.450. The van der Waals surface area contributed by atoms with Gasteiger partial charge >= 0.3 is 0 Å². The number of nitrogens with one attached hydrogen (secondary N) is 1. The number of rotatable bonds is 2. The Hall–Kier alpha value is -0.790. The van der Waals surface area contributed by atoms with Crippen LogP contribution in [0.2, 0.25) is 0 Å². The monoisotopic (exact) mass is 112 g/mol. The highest BCUT2D eigenvalue weighted by Crippen LogP contribution is 1.87. The summed E-state index contributed by atoms with van der Waals surface area (Å²) in [6.45, 7) is 3.84. The number of nitrogens with zero attached hydrogens (tertiary/aromatic N) is 1. The highest BCUT2D eigenvalue weighted by atomic mass is 14.8. The van der Waals surface area contributed by atoms with E-state index in [1.54, 1.807) is 6.21 Å². The normalized spacial score (nSPS) is 12.6. The van der Waals surface area contributed by atoms with E-state index in [4.69, 9.17) is 0 Å². The Kier molecular flexibility index (Phi) is 3.94. The quantitative estimate of drug-likeness (QED) is 0.532. The van der Waals surface area contributed by atoms with Crippen LogP contribution >= 0.6 is 0 Å². The zero-order chi connectivity index (χ0) is 6.41. The number of aliphatic imine (C=N–C) groups is 1. The maximum Gasteiger partial charge on any atom is 0.0524 e. The van der Waals surface area contributed by atoms with Crippen molar-refractivity contribution in [2.45, 2.75) is 13.8 Å². The van der Waals surface area contributed by atoms with Gasteiger partial charge in [0.05, 0.1) is 5.70 Å². The fraction of sp³-hybridized carbons (Fsp3) is 0.500. The summed E-state index contributed by atoms with van der Waals surface area (Å²) in [5, 5.41) is 2.88. The van der Waals surface area contributed by atoms with Crippen molar-refractivity contribution in [3.05, 3.63) is 11.9 Å². The number of hydrogen-bond donors (Lipinski definition) is 1. The van der Waals surface area contributed by atoms with Crippen LogP contribution in [0.4, 0.5) is 0 Å². The second kappa shape index (κ2) is 4.37. The van der Waals surface area contributed by atoms with E-state index in [0.717, 1.165) is 5.70 Å². The minimum atomic E-state index is 0.995. The zero-order valence-electron chi connectivity index (χ0n) is 5.60. The maximum atomic E-state index is 3.99. The van der Waals surface area contributed by atoms with Gasteiger partial charge in [-0.25, -0.2) is 0 Å². The average Bonchev–Trinajstić information content (AvgIpc) is 1.68. The lowest BCUT2D eigenvalue weighted by Crippen LogP contribution is -1.92. The highest BCUT2D eigenvalue weighted by molar-refractivity contribution is 5.54. The van der Waals surface area contributed by atoms with E-state index in [1.807, 2.05) is 27.1 Å². The molecule has 0 bridgehead atoms. The third-order valence-electron chi connectivity index (χ3n) is 0.686. The van der Waals surface area contributed by atoms with Crippen molar-refractivity contribution in [3.8, 4) is 0 Å². The number of allylic oxidation sites excluding steroid dienone is 1. The van der Waals surface area contributed by atoms with Crippen LogP contribution < -0.4 is 5.32 Å². The summed E-state index contributed by atoms with van der Waals surface area (Å²) in [6, 6.07) is 0. The molecule has 0 saturated carbocycles. The van der Waals surface area contributed by atoms with E-state index < -0.39 is 0 Å². The average molecular weight is 112 g/mol. The first-order valence-electron chi connectivity index (χ1n) is 2.64. The Morgan fingerprint density at radius 2 is 2.25 bits per heavy atom. The Morgan fingerprint density at radius 3 is 2.62 bits per heavy atom. The Labute approximate surface area is 50.3 Å². The van der Waals surface area contributed by atoms with Crippen LogP contribution in [0.25, 0.3) is 0 Å². The first-order chi connectivity index (χ1) is 3.81. The lowest BCUT2D eigenvalue weighted by Gasteiger charge is -1.88. The molecule has 0 rings (SSSR count). The van der Waals surface area contributed by atoms with Crippen LogP contribution in [0.15, 0.2) is 16.9 Å². The van der Waals surface area contributed by atoms with Crippen LogP contribution in [-0.4, -0.2) is 13.3 Å². The fourth-order valence-electron chi connectivity index (χ4n) is 0.450. The van der Waals surface area contributed by atoms with Crippen LogP contribution in [0, 0.1) is 0 Å². The summed E-state index contributed by atoms with van der Waals surface area (Å²) in [4.78, 5) is 3.99. The topological polar surface area (TPSA) is 24.4 Å². The summed E-state index contributed by atoms with van der Waals surface area (Å²) in [6.07, 6.45) is 3.61.